The van der Waals surface area contributed by atoms with E-state index in [2.05, 4.69) is 13.8 Å². The topological polar surface area (TPSA) is 80.3 Å². The second-order valence-corrected chi connectivity index (χ2v) is 7.90. The number of unbranched alkanes of at least 4 members (excludes halogenated alkanes) is 16. The maximum atomic E-state index is 10.1. The largest absolute Gasteiger partial charge is 2.00 e. The monoisotopic (exact) mass is 462 g/mol. The third-order valence-corrected chi connectivity index (χ3v) is 4.97. The first-order valence-corrected chi connectivity index (χ1v) is 11.9. The average molecular weight is 464 g/mol. The van der Waals surface area contributed by atoms with Gasteiger partial charge in [-0.05, 0) is 25.7 Å². The van der Waals surface area contributed by atoms with Crippen LogP contribution in [-0.2, 0) is 29.1 Å². The van der Waals surface area contributed by atoms with E-state index in [1.807, 2.05) is 0 Å². The van der Waals surface area contributed by atoms with E-state index in [4.69, 9.17) is 0 Å². The zero-order valence-electron chi connectivity index (χ0n) is 19.5. The van der Waals surface area contributed by atoms with E-state index in [0.717, 1.165) is 25.7 Å². The van der Waals surface area contributed by atoms with E-state index in [0.29, 0.717) is 0 Å². The second kappa shape index (κ2) is 29.8. The summed E-state index contributed by atoms with van der Waals surface area (Å²) in [6, 6.07) is 0. The minimum Gasteiger partial charge on any atom is -0.550 e. The molecule has 0 N–H and O–H groups in total. The Hall–Kier alpha value is -0.437. The van der Waals surface area contributed by atoms with E-state index in [1.165, 1.54) is 89.9 Å². The first kappa shape index (κ1) is 33.2. The minimum atomic E-state index is -0.909. The van der Waals surface area contributed by atoms with Gasteiger partial charge in [-0.1, -0.05) is 117 Å². The maximum absolute atomic E-state index is 10.1. The molecule has 0 bridgehead atoms. The Balaban J connectivity index is -0.000000451. The summed E-state index contributed by atoms with van der Waals surface area (Å²) in [4.78, 5) is 20.2. The standard InChI is InChI=1S/2C12H24O2.Zn/c2*1-2-3-4-5-6-7-8-9-10-11-12(13)14;/h2*2-11H2,1H3,(H,13,14);/q;;+2/p-2. The Kier molecular flexibility index (Phi) is 34.1. The molecular weight excluding hydrogens is 418 g/mol. The average Bonchev–Trinajstić information content (AvgIpc) is 2.65. The molecule has 0 aliphatic rings. The van der Waals surface area contributed by atoms with Crippen LogP contribution in [-0.4, -0.2) is 11.9 Å². The number of aliphatic carboxylic acids is 2. The number of rotatable bonds is 20. The molecular formula is C24H46O4Zn. The second-order valence-electron chi connectivity index (χ2n) is 7.90. The molecule has 0 aliphatic carbocycles. The van der Waals surface area contributed by atoms with E-state index in [9.17, 15) is 19.8 Å². The zero-order valence-corrected chi connectivity index (χ0v) is 22.4. The first-order valence-electron chi connectivity index (χ1n) is 11.9. The van der Waals surface area contributed by atoms with Gasteiger partial charge in [-0.3, -0.25) is 0 Å². The molecule has 0 fully saturated rings. The molecule has 4 nitrogen and oxygen atoms in total. The Morgan fingerprint density at radius 2 is 0.655 bits per heavy atom. The number of carbonyl (C=O) groups excluding carboxylic acids is 2. The molecule has 0 heterocycles. The fraction of sp³-hybridized carbons (Fsp3) is 0.917. The molecule has 0 atom stereocenters. The van der Waals surface area contributed by atoms with Crippen molar-refractivity contribution >= 4 is 11.9 Å². The zero-order chi connectivity index (χ0) is 21.3. The summed E-state index contributed by atoms with van der Waals surface area (Å²) in [5.74, 6) is -1.82. The summed E-state index contributed by atoms with van der Waals surface area (Å²) in [6.45, 7) is 4.44. The summed E-state index contributed by atoms with van der Waals surface area (Å²) >= 11 is 0. The van der Waals surface area contributed by atoms with Gasteiger partial charge >= 0.3 is 19.5 Å². The van der Waals surface area contributed by atoms with Crippen LogP contribution in [0.3, 0.4) is 0 Å². The van der Waals surface area contributed by atoms with Crippen LogP contribution in [0.2, 0.25) is 0 Å². The van der Waals surface area contributed by atoms with E-state index >= 15 is 0 Å². The van der Waals surface area contributed by atoms with Crippen LogP contribution in [0, 0.1) is 0 Å². The molecule has 0 aromatic rings. The van der Waals surface area contributed by atoms with Crippen molar-refractivity contribution in [2.45, 2.75) is 142 Å². The number of carbonyl (C=O) groups is 2. The van der Waals surface area contributed by atoms with Gasteiger partial charge in [0.05, 0.1) is 0 Å². The van der Waals surface area contributed by atoms with E-state index in [-0.39, 0.29) is 32.3 Å². The Morgan fingerprint density at radius 1 is 0.448 bits per heavy atom. The quantitative estimate of drug-likeness (QED) is 0.181. The van der Waals surface area contributed by atoms with Crippen molar-refractivity contribution < 1.29 is 39.3 Å². The van der Waals surface area contributed by atoms with Crippen LogP contribution in [0.1, 0.15) is 142 Å². The molecule has 0 aromatic carbocycles. The molecule has 0 spiro atoms. The van der Waals surface area contributed by atoms with Crippen LogP contribution < -0.4 is 10.2 Å². The molecule has 168 valence electrons. The number of carboxylic acid groups (broad SMARTS) is 2. The van der Waals surface area contributed by atoms with Gasteiger partial charge in [0.25, 0.3) is 0 Å². The van der Waals surface area contributed by atoms with Gasteiger partial charge in [0, 0.05) is 11.9 Å². The van der Waals surface area contributed by atoms with E-state index < -0.39 is 11.9 Å². The van der Waals surface area contributed by atoms with Crippen molar-refractivity contribution in [3.05, 3.63) is 0 Å². The van der Waals surface area contributed by atoms with Gasteiger partial charge in [0.2, 0.25) is 0 Å². The molecule has 5 heteroatoms. The van der Waals surface area contributed by atoms with Gasteiger partial charge in [0.1, 0.15) is 0 Å². The fourth-order valence-electron chi connectivity index (χ4n) is 3.16. The Bertz CT molecular complexity index is 303. The summed E-state index contributed by atoms with van der Waals surface area (Å²) in [5.41, 5.74) is 0. The molecule has 0 amide bonds. The predicted octanol–water partition coefficient (Wildman–Crippen LogP) is 5.31. The van der Waals surface area contributed by atoms with Gasteiger partial charge in [-0.15, -0.1) is 0 Å². The molecule has 29 heavy (non-hydrogen) atoms. The Morgan fingerprint density at radius 3 is 0.862 bits per heavy atom. The third kappa shape index (κ3) is 38.7. The van der Waals surface area contributed by atoms with E-state index in [1.54, 1.807) is 0 Å². The molecule has 0 saturated heterocycles. The smallest absolute Gasteiger partial charge is 0.550 e. The maximum Gasteiger partial charge on any atom is 2.00 e. The van der Waals surface area contributed by atoms with Gasteiger partial charge in [0.15, 0.2) is 0 Å². The minimum absolute atomic E-state index is 0. The third-order valence-electron chi connectivity index (χ3n) is 4.97. The molecule has 0 aromatic heterocycles. The van der Waals surface area contributed by atoms with Crippen molar-refractivity contribution in [1.29, 1.82) is 0 Å². The fourth-order valence-corrected chi connectivity index (χ4v) is 3.16. The van der Waals surface area contributed by atoms with Crippen LogP contribution >= 0.6 is 0 Å². The van der Waals surface area contributed by atoms with Crippen LogP contribution in [0.25, 0.3) is 0 Å². The number of hydrogen-bond donors (Lipinski definition) is 0. The van der Waals surface area contributed by atoms with Gasteiger partial charge in [-0.25, -0.2) is 0 Å². The summed E-state index contributed by atoms with van der Waals surface area (Å²) in [6.07, 6.45) is 22.3. The van der Waals surface area contributed by atoms with Crippen LogP contribution in [0.5, 0.6) is 0 Å². The number of carboxylic acids is 2. The summed E-state index contributed by atoms with van der Waals surface area (Å²) < 4.78 is 0. The Labute approximate surface area is 193 Å². The van der Waals surface area contributed by atoms with Crippen molar-refractivity contribution in [3.63, 3.8) is 0 Å². The van der Waals surface area contributed by atoms with Crippen molar-refractivity contribution in [2.75, 3.05) is 0 Å². The molecule has 0 aliphatic heterocycles. The van der Waals surface area contributed by atoms with Crippen LogP contribution in [0.4, 0.5) is 0 Å². The molecule has 0 radical (unpaired) electrons. The van der Waals surface area contributed by atoms with Gasteiger partial charge in [-0.2, -0.15) is 0 Å². The van der Waals surface area contributed by atoms with Crippen molar-refractivity contribution in [3.8, 4) is 0 Å². The van der Waals surface area contributed by atoms with Crippen LogP contribution in [0.15, 0.2) is 0 Å². The molecule has 0 rings (SSSR count). The number of hydrogen-bond acceptors (Lipinski definition) is 4. The summed E-state index contributed by atoms with van der Waals surface area (Å²) in [5, 5.41) is 20.2. The van der Waals surface area contributed by atoms with Crippen molar-refractivity contribution in [1.82, 2.24) is 0 Å². The SMILES string of the molecule is CCCCCCCCCCCC(=O)[O-].CCCCCCCCCCCC(=O)[O-].[Zn+2]. The molecule has 0 saturated carbocycles. The summed E-state index contributed by atoms with van der Waals surface area (Å²) in [7, 11) is 0. The first-order chi connectivity index (χ1) is 13.5. The normalized spacial score (nSPS) is 10.0. The van der Waals surface area contributed by atoms with Gasteiger partial charge < -0.3 is 19.8 Å². The molecule has 0 unspecified atom stereocenters. The predicted molar refractivity (Wildman–Crippen MR) is 114 cm³/mol. The van der Waals surface area contributed by atoms with Crippen molar-refractivity contribution in [2.24, 2.45) is 0 Å².